The number of nitrogens with zero attached hydrogens (tertiary/aromatic N) is 2. The van der Waals surface area contributed by atoms with Gasteiger partial charge in [0.05, 0.1) is 15.7 Å². The van der Waals surface area contributed by atoms with Gasteiger partial charge in [0.25, 0.3) is 5.69 Å². The van der Waals surface area contributed by atoms with Crippen molar-refractivity contribution in [1.82, 2.24) is 10.4 Å². The minimum absolute atomic E-state index is 0.170. The number of halogens is 3. The van der Waals surface area contributed by atoms with Crippen molar-refractivity contribution in [2.24, 2.45) is 5.41 Å². The maximum absolute atomic E-state index is 13.8. The van der Waals surface area contributed by atoms with Crippen molar-refractivity contribution in [2.45, 2.75) is 26.1 Å². The van der Waals surface area contributed by atoms with Crippen LogP contribution in [0.25, 0.3) is 10.8 Å². The third-order valence-corrected chi connectivity index (χ3v) is 4.42. The van der Waals surface area contributed by atoms with E-state index >= 15 is 0 Å². The average Bonchev–Trinajstić information content (AvgIpc) is 2.77. The van der Waals surface area contributed by atoms with E-state index < -0.39 is 34.2 Å². The zero-order chi connectivity index (χ0) is 19.3. The van der Waals surface area contributed by atoms with E-state index in [0.29, 0.717) is 5.39 Å². The number of carbonyl (C=O) groups is 1. The Morgan fingerprint density at radius 2 is 1.92 bits per heavy atom. The second kappa shape index (κ2) is 5.94. The van der Waals surface area contributed by atoms with Gasteiger partial charge in [-0.25, -0.2) is 5.01 Å². The van der Waals surface area contributed by atoms with Gasteiger partial charge in [-0.3, -0.25) is 20.3 Å². The predicted octanol–water partition coefficient (Wildman–Crippen LogP) is 3.72. The van der Waals surface area contributed by atoms with Crippen molar-refractivity contribution in [3.8, 4) is 0 Å². The fourth-order valence-corrected chi connectivity index (χ4v) is 3.14. The van der Waals surface area contributed by atoms with Gasteiger partial charge in [0.2, 0.25) is 5.91 Å². The van der Waals surface area contributed by atoms with E-state index in [-0.39, 0.29) is 17.5 Å². The maximum Gasteiger partial charge on any atom is 0.409 e. The first kappa shape index (κ1) is 18.1. The summed E-state index contributed by atoms with van der Waals surface area (Å²) >= 11 is 0. The lowest BCUT2D eigenvalue weighted by Gasteiger charge is -2.30. The van der Waals surface area contributed by atoms with Crippen molar-refractivity contribution in [3.63, 3.8) is 0 Å². The van der Waals surface area contributed by atoms with Crippen LogP contribution in [0, 0.1) is 15.5 Å². The van der Waals surface area contributed by atoms with E-state index in [1.165, 1.54) is 18.2 Å². The highest BCUT2D eigenvalue weighted by molar-refractivity contribution is 5.91. The van der Waals surface area contributed by atoms with E-state index in [1.807, 2.05) is 0 Å². The number of benzene rings is 2. The van der Waals surface area contributed by atoms with E-state index in [0.717, 1.165) is 11.1 Å². The molecule has 9 heteroatoms. The number of amides is 1. The van der Waals surface area contributed by atoms with Crippen LogP contribution in [-0.4, -0.2) is 28.6 Å². The van der Waals surface area contributed by atoms with E-state index in [2.05, 4.69) is 5.43 Å². The summed E-state index contributed by atoms with van der Waals surface area (Å²) in [5, 5.41) is 12.7. The van der Waals surface area contributed by atoms with Gasteiger partial charge < -0.3 is 0 Å². The summed E-state index contributed by atoms with van der Waals surface area (Å²) < 4.78 is 41.4. The van der Waals surface area contributed by atoms with Gasteiger partial charge in [-0.15, -0.1) is 0 Å². The van der Waals surface area contributed by atoms with Crippen LogP contribution in [0.1, 0.15) is 25.5 Å². The van der Waals surface area contributed by atoms with Crippen molar-refractivity contribution < 1.29 is 22.9 Å². The lowest BCUT2D eigenvalue weighted by atomic mass is 9.93. The molecule has 1 saturated heterocycles. The van der Waals surface area contributed by atoms with Crippen LogP contribution in [0.2, 0.25) is 0 Å². The molecule has 1 atom stereocenters. The van der Waals surface area contributed by atoms with E-state index in [1.54, 1.807) is 26.0 Å². The topological polar surface area (TPSA) is 75.5 Å². The highest BCUT2D eigenvalue weighted by Gasteiger charge is 2.51. The van der Waals surface area contributed by atoms with Crippen molar-refractivity contribution in [1.29, 1.82) is 0 Å². The number of alkyl halides is 3. The molecule has 3 rings (SSSR count). The minimum Gasteiger partial charge on any atom is -0.287 e. The first-order chi connectivity index (χ1) is 12.0. The monoisotopic (exact) mass is 367 g/mol. The smallest absolute Gasteiger partial charge is 0.287 e. The Kier molecular flexibility index (Phi) is 4.14. The van der Waals surface area contributed by atoms with Gasteiger partial charge >= 0.3 is 6.18 Å². The molecule has 1 aliphatic heterocycles. The molecular formula is C17H16F3N3O3. The Hall–Kier alpha value is -2.68. The Morgan fingerprint density at radius 1 is 1.27 bits per heavy atom. The van der Waals surface area contributed by atoms with Crippen LogP contribution in [0.3, 0.4) is 0 Å². The molecule has 0 bridgehead atoms. The highest BCUT2D eigenvalue weighted by Crippen LogP contribution is 2.42. The first-order valence-electron chi connectivity index (χ1n) is 7.82. The molecule has 0 aromatic heterocycles. The van der Waals surface area contributed by atoms with Crippen molar-refractivity contribution in [2.75, 3.05) is 6.54 Å². The molecule has 1 aliphatic rings. The Bertz CT molecular complexity index is 896. The molecule has 138 valence electrons. The van der Waals surface area contributed by atoms with Crippen LogP contribution in [0.5, 0.6) is 0 Å². The predicted molar refractivity (Wildman–Crippen MR) is 88.0 cm³/mol. The highest BCUT2D eigenvalue weighted by atomic mass is 19.4. The standard InChI is InChI=1S/C17H16F3N3O3/c1-16(2)9-22(21-15(16)24)14(17(18,19)20)11-7-10-5-3-4-6-12(10)13(8-11)23(25)26/h3-8,14H,9H2,1-2H3,(H,21,24). The molecule has 1 heterocycles. The number of nitrogens with one attached hydrogen (secondary N) is 1. The summed E-state index contributed by atoms with van der Waals surface area (Å²) in [6.45, 7) is 2.91. The van der Waals surface area contributed by atoms with Crippen molar-refractivity contribution in [3.05, 3.63) is 52.1 Å². The zero-order valence-corrected chi connectivity index (χ0v) is 14.0. The summed E-state index contributed by atoms with van der Waals surface area (Å²) in [6, 6.07) is 6.21. The van der Waals surface area contributed by atoms with Gasteiger partial charge in [-0.2, -0.15) is 13.2 Å². The van der Waals surface area contributed by atoms with Gasteiger partial charge in [0, 0.05) is 12.6 Å². The molecule has 1 unspecified atom stereocenters. The molecule has 6 nitrogen and oxygen atoms in total. The first-order valence-corrected chi connectivity index (χ1v) is 7.82. The van der Waals surface area contributed by atoms with Crippen molar-refractivity contribution >= 4 is 22.4 Å². The molecule has 26 heavy (non-hydrogen) atoms. The average molecular weight is 367 g/mol. The third-order valence-electron chi connectivity index (χ3n) is 4.42. The van der Waals surface area contributed by atoms with Crippen LogP contribution in [0.15, 0.2) is 36.4 Å². The molecule has 2 aromatic carbocycles. The van der Waals surface area contributed by atoms with Gasteiger partial charge in [0.1, 0.15) is 6.04 Å². The Balaban J connectivity index is 2.17. The fourth-order valence-electron chi connectivity index (χ4n) is 3.14. The minimum atomic E-state index is -4.73. The molecule has 2 aromatic rings. The fraction of sp³-hybridized carbons (Fsp3) is 0.353. The number of nitro benzene ring substituents is 1. The normalized spacial score (nSPS) is 18.7. The molecule has 0 radical (unpaired) electrons. The summed E-state index contributed by atoms with van der Waals surface area (Å²) in [5.41, 5.74) is 0.561. The molecule has 0 spiro atoms. The summed E-state index contributed by atoms with van der Waals surface area (Å²) in [4.78, 5) is 22.6. The number of fused-ring (bicyclic) bond motifs is 1. The van der Waals surface area contributed by atoms with Crippen LogP contribution < -0.4 is 5.43 Å². The second-order valence-electron chi connectivity index (χ2n) is 6.92. The van der Waals surface area contributed by atoms with E-state index in [4.69, 9.17) is 0 Å². The molecule has 0 aliphatic carbocycles. The second-order valence-corrected chi connectivity index (χ2v) is 6.92. The number of carbonyl (C=O) groups excluding carboxylic acids is 1. The van der Waals surface area contributed by atoms with Crippen LogP contribution in [0.4, 0.5) is 18.9 Å². The number of hydrogen-bond acceptors (Lipinski definition) is 4. The number of rotatable bonds is 3. The molecular weight excluding hydrogens is 351 g/mol. The summed E-state index contributed by atoms with van der Waals surface area (Å²) in [6.07, 6.45) is -4.73. The Labute approximate surface area is 146 Å². The van der Waals surface area contributed by atoms with Crippen LogP contribution >= 0.6 is 0 Å². The Morgan fingerprint density at radius 3 is 2.46 bits per heavy atom. The van der Waals surface area contributed by atoms with Gasteiger partial charge in [0.15, 0.2) is 0 Å². The quantitative estimate of drug-likeness (QED) is 0.663. The number of hydrazine groups is 1. The van der Waals surface area contributed by atoms with Crippen LogP contribution in [-0.2, 0) is 4.79 Å². The molecule has 1 fully saturated rings. The number of non-ortho nitro benzene ring substituents is 1. The largest absolute Gasteiger partial charge is 0.409 e. The van der Waals surface area contributed by atoms with Gasteiger partial charge in [-0.1, -0.05) is 18.2 Å². The lowest BCUT2D eigenvalue weighted by Crippen LogP contribution is -2.43. The number of hydrogen-bond donors (Lipinski definition) is 1. The number of nitro groups is 1. The van der Waals surface area contributed by atoms with E-state index in [9.17, 15) is 28.1 Å². The zero-order valence-electron chi connectivity index (χ0n) is 14.0. The SMILES string of the molecule is CC1(C)CN(C(c2cc([N+](=O)[O-])c3ccccc3c2)C(F)(F)F)NC1=O. The summed E-state index contributed by atoms with van der Waals surface area (Å²) in [5.74, 6) is -0.526. The molecule has 1 N–H and O–H groups in total. The third kappa shape index (κ3) is 3.10. The summed E-state index contributed by atoms with van der Waals surface area (Å²) in [7, 11) is 0. The molecule has 1 amide bonds. The molecule has 0 saturated carbocycles. The van der Waals surface area contributed by atoms with Gasteiger partial charge in [-0.05, 0) is 36.9 Å². The maximum atomic E-state index is 13.8. The lowest BCUT2D eigenvalue weighted by molar-refractivity contribution is -0.383.